The molecule has 2 aliphatic heterocycles. The molecule has 3 amide bonds. The third-order valence-corrected chi connectivity index (χ3v) is 7.66. The lowest BCUT2D eigenvalue weighted by molar-refractivity contribution is -0.116. The number of nitrogens with one attached hydrogen (secondary N) is 3. The quantitative estimate of drug-likeness (QED) is 0.403. The summed E-state index contributed by atoms with van der Waals surface area (Å²) in [7, 11) is 1.64. The van der Waals surface area contributed by atoms with Crippen molar-refractivity contribution in [1.82, 2.24) is 20.8 Å². The van der Waals surface area contributed by atoms with E-state index < -0.39 is 0 Å². The summed E-state index contributed by atoms with van der Waals surface area (Å²) >= 11 is 3.30. The van der Waals surface area contributed by atoms with Crippen LogP contribution >= 0.6 is 23.1 Å². The highest BCUT2D eigenvalue weighted by molar-refractivity contribution is 8.00. The van der Waals surface area contributed by atoms with Crippen LogP contribution < -0.4 is 20.7 Å². The number of hydrogen-bond donors (Lipinski definition) is 3. The maximum absolute atomic E-state index is 12.2. The van der Waals surface area contributed by atoms with Crippen molar-refractivity contribution >= 4 is 40.2 Å². The number of unbranched alkanes of at least 4 members (excludes halogenated alkanes) is 1. The number of carbonyl (C=O) groups is 2. The summed E-state index contributed by atoms with van der Waals surface area (Å²) in [6.07, 6.45) is 3.92. The van der Waals surface area contributed by atoms with Crippen molar-refractivity contribution in [3.05, 3.63) is 34.8 Å². The van der Waals surface area contributed by atoms with Crippen LogP contribution in [-0.4, -0.2) is 52.3 Å². The van der Waals surface area contributed by atoms with E-state index in [0.29, 0.717) is 23.2 Å². The molecule has 0 bridgehead atoms. The maximum Gasteiger partial charge on any atom is 0.315 e. The van der Waals surface area contributed by atoms with Crippen molar-refractivity contribution in [3.8, 4) is 5.75 Å². The van der Waals surface area contributed by atoms with Gasteiger partial charge in [0.25, 0.3) is 0 Å². The molecule has 10 heteroatoms. The molecule has 160 valence electrons. The van der Waals surface area contributed by atoms with Crippen molar-refractivity contribution in [2.75, 3.05) is 18.2 Å². The SMILES string of the molecule is COc1ccc(Cc2nnc(NC(=O)CCCCC3SCC4NC(=O)NC43)s2)cc1. The Hall–Kier alpha value is -2.33. The zero-order valence-corrected chi connectivity index (χ0v) is 18.4. The first-order chi connectivity index (χ1) is 14.6. The first-order valence-electron chi connectivity index (χ1n) is 10.0. The van der Waals surface area contributed by atoms with Gasteiger partial charge in [0.2, 0.25) is 11.0 Å². The van der Waals surface area contributed by atoms with Gasteiger partial charge in [-0.05, 0) is 30.5 Å². The van der Waals surface area contributed by atoms with Gasteiger partial charge in [0.1, 0.15) is 10.8 Å². The summed E-state index contributed by atoms with van der Waals surface area (Å²) in [5.41, 5.74) is 1.12. The second-order valence-corrected chi connectivity index (χ2v) is 9.78. The minimum atomic E-state index is -0.0573. The molecule has 3 unspecified atom stereocenters. The molecule has 3 heterocycles. The number of rotatable bonds is 9. The monoisotopic (exact) mass is 447 g/mol. The van der Waals surface area contributed by atoms with Gasteiger partial charge >= 0.3 is 6.03 Å². The minimum Gasteiger partial charge on any atom is -0.497 e. The topological polar surface area (TPSA) is 105 Å². The first kappa shape index (κ1) is 20.9. The highest BCUT2D eigenvalue weighted by Gasteiger charge is 2.42. The van der Waals surface area contributed by atoms with E-state index in [0.717, 1.165) is 41.3 Å². The van der Waals surface area contributed by atoms with E-state index in [2.05, 4.69) is 26.1 Å². The van der Waals surface area contributed by atoms with E-state index in [4.69, 9.17) is 4.74 Å². The molecule has 1 aromatic heterocycles. The molecular formula is C20H25N5O3S2. The van der Waals surface area contributed by atoms with Gasteiger partial charge in [-0.1, -0.05) is 29.9 Å². The Morgan fingerprint density at radius 3 is 2.87 bits per heavy atom. The molecule has 2 aliphatic rings. The number of amides is 3. The van der Waals surface area contributed by atoms with E-state index in [1.165, 1.54) is 11.3 Å². The number of urea groups is 1. The summed E-state index contributed by atoms with van der Waals surface area (Å²) in [6, 6.07) is 8.24. The van der Waals surface area contributed by atoms with Crippen LogP contribution in [0, 0.1) is 0 Å². The van der Waals surface area contributed by atoms with E-state index in [-0.39, 0.29) is 24.0 Å². The van der Waals surface area contributed by atoms with Crippen LogP contribution in [0.1, 0.15) is 36.3 Å². The third-order valence-electron chi connectivity index (χ3n) is 5.31. The Morgan fingerprint density at radius 2 is 2.07 bits per heavy atom. The van der Waals surface area contributed by atoms with Gasteiger partial charge in [0.05, 0.1) is 19.2 Å². The number of aromatic nitrogens is 2. The molecule has 2 aromatic rings. The van der Waals surface area contributed by atoms with Crippen molar-refractivity contribution in [3.63, 3.8) is 0 Å². The Morgan fingerprint density at radius 1 is 1.23 bits per heavy atom. The Labute approximate surface area is 183 Å². The number of nitrogens with zero attached hydrogens (tertiary/aromatic N) is 2. The number of thioether (sulfide) groups is 1. The minimum absolute atomic E-state index is 0.0325. The second-order valence-electron chi connectivity index (χ2n) is 7.44. The van der Waals surface area contributed by atoms with Crippen molar-refractivity contribution in [2.45, 2.75) is 49.4 Å². The lowest BCUT2D eigenvalue weighted by Crippen LogP contribution is -2.36. The molecule has 1 aromatic carbocycles. The summed E-state index contributed by atoms with van der Waals surface area (Å²) in [5, 5.41) is 18.9. The van der Waals surface area contributed by atoms with Crippen LogP contribution in [0.4, 0.5) is 9.93 Å². The van der Waals surface area contributed by atoms with Crippen LogP contribution in [0.15, 0.2) is 24.3 Å². The highest BCUT2D eigenvalue weighted by atomic mass is 32.2. The second kappa shape index (κ2) is 9.65. The fourth-order valence-corrected chi connectivity index (χ4v) is 6.08. The lowest BCUT2D eigenvalue weighted by Gasteiger charge is -2.16. The molecule has 8 nitrogen and oxygen atoms in total. The first-order valence-corrected chi connectivity index (χ1v) is 11.9. The van der Waals surface area contributed by atoms with E-state index in [1.54, 1.807) is 7.11 Å². The van der Waals surface area contributed by atoms with Crippen LogP contribution in [-0.2, 0) is 11.2 Å². The van der Waals surface area contributed by atoms with Gasteiger partial charge in [-0.15, -0.1) is 10.2 Å². The van der Waals surface area contributed by atoms with Gasteiger partial charge in [-0.2, -0.15) is 11.8 Å². The average molecular weight is 448 g/mol. The van der Waals surface area contributed by atoms with Crippen molar-refractivity contribution < 1.29 is 14.3 Å². The van der Waals surface area contributed by atoms with Gasteiger partial charge < -0.3 is 20.7 Å². The number of carbonyl (C=O) groups excluding carboxylic acids is 2. The molecule has 0 spiro atoms. The average Bonchev–Trinajstić information content (AvgIpc) is 3.42. The number of benzene rings is 1. The van der Waals surface area contributed by atoms with Gasteiger partial charge in [-0.25, -0.2) is 4.79 Å². The molecule has 4 rings (SSSR count). The molecule has 3 atom stereocenters. The molecular weight excluding hydrogens is 422 g/mol. The fourth-order valence-electron chi connectivity index (χ4n) is 3.75. The van der Waals surface area contributed by atoms with Gasteiger partial charge in [-0.3, -0.25) is 4.79 Å². The Bertz CT molecular complexity index is 889. The predicted molar refractivity (Wildman–Crippen MR) is 118 cm³/mol. The van der Waals surface area contributed by atoms with Crippen LogP contribution in [0.2, 0.25) is 0 Å². The van der Waals surface area contributed by atoms with Gasteiger partial charge in [0, 0.05) is 23.8 Å². The molecule has 0 aliphatic carbocycles. The van der Waals surface area contributed by atoms with E-state index in [9.17, 15) is 9.59 Å². The normalized spacial score (nSPS) is 22.3. The third kappa shape index (κ3) is 5.23. The summed E-state index contributed by atoms with van der Waals surface area (Å²) in [6.45, 7) is 0. The number of ether oxygens (including phenoxy) is 1. The number of methoxy groups -OCH3 is 1. The van der Waals surface area contributed by atoms with E-state index in [1.807, 2.05) is 36.0 Å². The maximum atomic E-state index is 12.2. The highest BCUT2D eigenvalue weighted by Crippen LogP contribution is 2.33. The number of hydrogen-bond acceptors (Lipinski definition) is 7. The smallest absolute Gasteiger partial charge is 0.315 e. The molecule has 0 radical (unpaired) electrons. The standard InChI is InChI=1S/C20H25N5O3S2/c1-28-13-8-6-12(7-9-13)10-17-24-25-20(30-17)22-16(26)5-3-2-4-15-18-14(11-29-15)21-19(27)23-18/h6-9,14-15,18H,2-5,10-11H2,1H3,(H2,21,23,27)(H,22,25,26). The molecule has 3 N–H and O–H groups in total. The molecule has 0 saturated carbocycles. The Kier molecular flexibility index (Phi) is 6.73. The number of fused-ring (bicyclic) bond motifs is 1. The summed E-state index contributed by atoms with van der Waals surface area (Å²) in [5.74, 6) is 1.75. The fraction of sp³-hybridized carbons (Fsp3) is 0.500. The molecule has 2 fully saturated rings. The van der Waals surface area contributed by atoms with Crippen LogP contribution in [0.5, 0.6) is 5.75 Å². The largest absolute Gasteiger partial charge is 0.497 e. The van der Waals surface area contributed by atoms with Crippen LogP contribution in [0.3, 0.4) is 0 Å². The zero-order chi connectivity index (χ0) is 20.9. The van der Waals surface area contributed by atoms with Crippen molar-refractivity contribution in [2.24, 2.45) is 0 Å². The van der Waals surface area contributed by atoms with Gasteiger partial charge in [0.15, 0.2) is 0 Å². The summed E-state index contributed by atoms with van der Waals surface area (Å²) < 4.78 is 5.17. The number of anilines is 1. The molecule has 30 heavy (non-hydrogen) atoms. The lowest BCUT2D eigenvalue weighted by atomic mass is 10.0. The predicted octanol–water partition coefficient (Wildman–Crippen LogP) is 2.80. The van der Waals surface area contributed by atoms with Crippen LogP contribution in [0.25, 0.3) is 0 Å². The summed E-state index contributed by atoms with van der Waals surface area (Å²) in [4.78, 5) is 23.6. The van der Waals surface area contributed by atoms with Crippen molar-refractivity contribution in [1.29, 1.82) is 0 Å². The Balaban J connectivity index is 1.16. The molecule has 2 saturated heterocycles. The zero-order valence-electron chi connectivity index (χ0n) is 16.7. The van der Waals surface area contributed by atoms with E-state index >= 15 is 0 Å².